The largest absolute Gasteiger partial charge is 0.507 e. The summed E-state index contributed by atoms with van der Waals surface area (Å²) in [6.45, 7) is 1.10. The highest BCUT2D eigenvalue weighted by Crippen LogP contribution is 2.32. The molecule has 0 bridgehead atoms. The van der Waals surface area contributed by atoms with Crippen LogP contribution in [0.3, 0.4) is 0 Å². The van der Waals surface area contributed by atoms with Crippen molar-refractivity contribution in [1.29, 1.82) is 0 Å². The van der Waals surface area contributed by atoms with Crippen LogP contribution in [0.25, 0.3) is 0 Å². The Balaban J connectivity index is 2.00. The van der Waals surface area contributed by atoms with Crippen LogP contribution in [0, 0.1) is 0 Å². The molecule has 0 atom stereocenters. The van der Waals surface area contributed by atoms with Crippen molar-refractivity contribution in [3.8, 4) is 5.75 Å². The SMILES string of the molecule is CN(C)c1ccc(S(=O)(=O)N2CCCCC2)cc1N=Cc1cc(Cl)ccc1O. The summed E-state index contributed by atoms with van der Waals surface area (Å²) >= 11 is 5.99. The number of phenolic OH excluding ortho intramolecular Hbond substituents is 1. The second kappa shape index (κ2) is 8.51. The predicted octanol–water partition coefficient (Wildman–Crippen LogP) is 4.04. The molecule has 2 aromatic carbocycles. The molecule has 0 amide bonds. The van der Waals surface area contributed by atoms with Crippen molar-refractivity contribution in [2.75, 3.05) is 32.1 Å². The summed E-state index contributed by atoms with van der Waals surface area (Å²) in [5, 5.41) is 10.5. The van der Waals surface area contributed by atoms with Crippen LogP contribution in [0.4, 0.5) is 11.4 Å². The Hall–Kier alpha value is -2.09. The molecule has 0 radical (unpaired) electrons. The quantitative estimate of drug-likeness (QED) is 0.739. The van der Waals surface area contributed by atoms with Crippen molar-refractivity contribution in [1.82, 2.24) is 4.31 Å². The number of aliphatic imine (C=N–C) groups is 1. The average molecular weight is 422 g/mol. The first-order valence-corrected chi connectivity index (χ1v) is 10.9. The fourth-order valence-electron chi connectivity index (χ4n) is 3.17. The van der Waals surface area contributed by atoms with Crippen LogP contribution in [-0.2, 0) is 10.0 Å². The van der Waals surface area contributed by atoms with E-state index in [0.29, 0.717) is 29.4 Å². The van der Waals surface area contributed by atoms with Crippen LogP contribution in [0.5, 0.6) is 5.75 Å². The van der Waals surface area contributed by atoms with Crippen LogP contribution >= 0.6 is 11.6 Å². The normalized spacial score (nSPS) is 15.8. The molecule has 1 heterocycles. The molecule has 0 spiro atoms. The first-order valence-electron chi connectivity index (χ1n) is 9.13. The molecule has 0 aliphatic carbocycles. The molecule has 0 aromatic heterocycles. The number of piperidine rings is 1. The molecule has 1 aliphatic rings. The maximum Gasteiger partial charge on any atom is 0.243 e. The molecular formula is C20H24ClN3O3S. The van der Waals surface area contributed by atoms with Gasteiger partial charge < -0.3 is 10.0 Å². The number of rotatable bonds is 5. The van der Waals surface area contributed by atoms with Crippen molar-refractivity contribution in [2.24, 2.45) is 4.99 Å². The van der Waals surface area contributed by atoms with E-state index < -0.39 is 10.0 Å². The second-order valence-electron chi connectivity index (χ2n) is 6.97. The maximum absolute atomic E-state index is 13.0. The van der Waals surface area contributed by atoms with Gasteiger partial charge in [-0.2, -0.15) is 4.31 Å². The fourth-order valence-corrected chi connectivity index (χ4v) is 4.89. The lowest BCUT2D eigenvalue weighted by Gasteiger charge is -2.26. The zero-order chi connectivity index (χ0) is 20.3. The molecule has 0 saturated carbocycles. The van der Waals surface area contributed by atoms with Crippen LogP contribution in [-0.4, -0.2) is 51.2 Å². The van der Waals surface area contributed by atoms with E-state index in [-0.39, 0.29) is 10.6 Å². The molecule has 150 valence electrons. The van der Waals surface area contributed by atoms with Gasteiger partial charge in [-0.05, 0) is 49.2 Å². The smallest absolute Gasteiger partial charge is 0.243 e. The summed E-state index contributed by atoms with van der Waals surface area (Å²) in [7, 11) is 0.176. The topological polar surface area (TPSA) is 73.2 Å². The number of anilines is 1. The van der Waals surface area contributed by atoms with E-state index in [1.54, 1.807) is 30.3 Å². The highest BCUT2D eigenvalue weighted by atomic mass is 35.5. The zero-order valence-corrected chi connectivity index (χ0v) is 17.5. The van der Waals surface area contributed by atoms with E-state index in [1.165, 1.54) is 16.6 Å². The average Bonchev–Trinajstić information content (AvgIpc) is 2.69. The van der Waals surface area contributed by atoms with Crippen LogP contribution in [0.2, 0.25) is 5.02 Å². The number of sulfonamides is 1. The fraction of sp³-hybridized carbons (Fsp3) is 0.350. The van der Waals surface area contributed by atoms with Gasteiger partial charge >= 0.3 is 0 Å². The third kappa shape index (κ3) is 4.48. The number of aromatic hydroxyl groups is 1. The Labute approximate surface area is 171 Å². The highest BCUT2D eigenvalue weighted by molar-refractivity contribution is 7.89. The number of hydrogen-bond donors (Lipinski definition) is 1. The molecule has 6 nitrogen and oxygen atoms in total. The third-order valence-corrected chi connectivity index (χ3v) is 6.84. The Bertz CT molecular complexity index is 984. The Morgan fingerprint density at radius 2 is 1.82 bits per heavy atom. The van der Waals surface area contributed by atoms with Gasteiger partial charge in [-0.1, -0.05) is 18.0 Å². The molecule has 28 heavy (non-hydrogen) atoms. The monoisotopic (exact) mass is 421 g/mol. The maximum atomic E-state index is 13.0. The Morgan fingerprint density at radius 1 is 1.11 bits per heavy atom. The Morgan fingerprint density at radius 3 is 2.50 bits per heavy atom. The predicted molar refractivity (Wildman–Crippen MR) is 114 cm³/mol. The highest BCUT2D eigenvalue weighted by Gasteiger charge is 2.26. The lowest BCUT2D eigenvalue weighted by atomic mass is 10.2. The van der Waals surface area contributed by atoms with Gasteiger partial charge in [0, 0.05) is 44.0 Å². The van der Waals surface area contributed by atoms with Crippen molar-refractivity contribution < 1.29 is 13.5 Å². The number of phenols is 1. The molecule has 2 aromatic rings. The van der Waals surface area contributed by atoms with Gasteiger partial charge in [-0.15, -0.1) is 0 Å². The summed E-state index contributed by atoms with van der Waals surface area (Å²) in [6.07, 6.45) is 4.31. The summed E-state index contributed by atoms with van der Waals surface area (Å²) in [5.74, 6) is 0.0524. The Kier molecular flexibility index (Phi) is 6.27. The van der Waals surface area contributed by atoms with Crippen LogP contribution in [0.15, 0.2) is 46.3 Å². The zero-order valence-electron chi connectivity index (χ0n) is 16.0. The minimum Gasteiger partial charge on any atom is -0.507 e. The van der Waals surface area contributed by atoms with Crippen molar-refractivity contribution in [3.63, 3.8) is 0 Å². The molecule has 1 aliphatic heterocycles. The van der Waals surface area contributed by atoms with Gasteiger partial charge in [0.1, 0.15) is 5.75 Å². The molecule has 3 rings (SSSR count). The molecule has 1 N–H and O–H groups in total. The van der Waals surface area contributed by atoms with Crippen LogP contribution < -0.4 is 4.90 Å². The van der Waals surface area contributed by atoms with Gasteiger partial charge in [0.25, 0.3) is 0 Å². The van der Waals surface area contributed by atoms with E-state index in [1.807, 2.05) is 19.0 Å². The first-order chi connectivity index (χ1) is 13.3. The standard InChI is InChI=1S/C20H24ClN3O3S/c1-23(2)19-8-7-17(28(26,27)24-10-4-3-5-11-24)13-18(19)22-14-15-12-16(21)6-9-20(15)25/h6-9,12-14,25H,3-5,10-11H2,1-2H3. The van der Waals surface area contributed by atoms with Crippen LogP contribution in [0.1, 0.15) is 24.8 Å². The van der Waals surface area contributed by atoms with Crippen molar-refractivity contribution >= 4 is 39.2 Å². The lowest BCUT2D eigenvalue weighted by Crippen LogP contribution is -2.35. The number of nitrogens with zero attached hydrogens (tertiary/aromatic N) is 3. The van der Waals surface area contributed by atoms with E-state index in [2.05, 4.69) is 4.99 Å². The molecular weight excluding hydrogens is 398 g/mol. The number of halogens is 1. The summed E-state index contributed by atoms with van der Waals surface area (Å²) in [4.78, 5) is 6.54. The molecule has 1 fully saturated rings. The molecule has 1 saturated heterocycles. The lowest BCUT2D eigenvalue weighted by molar-refractivity contribution is 0.346. The number of hydrogen-bond acceptors (Lipinski definition) is 5. The first kappa shape index (κ1) is 20.6. The summed E-state index contributed by atoms with van der Waals surface area (Å²) in [5.41, 5.74) is 1.74. The van der Waals surface area contributed by atoms with E-state index in [4.69, 9.17) is 11.6 Å². The minimum atomic E-state index is -3.55. The second-order valence-corrected chi connectivity index (χ2v) is 9.35. The van der Waals surface area contributed by atoms with Gasteiger partial charge in [-0.25, -0.2) is 8.42 Å². The molecule has 0 unspecified atom stereocenters. The molecule has 8 heteroatoms. The van der Waals surface area contributed by atoms with Gasteiger partial charge in [0.2, 0.25) is 10.0 Å². The summed E-state index contributed by atoms with van der Waals surface area (Å²) in [6, 6.07) is 9.64. The third-order valence-electron chi connectivity index (χ3n) is 4.71. The minimum absolute atomic E-state index is 0.0524. The van der Waals surface area contributed by atoms with E-state index in [9.17, 15) is 13.5 Å². The van der Waals surface area contributed by atoms with E-state index >= 15 is 0 Å². The van der Waals surface area contributed by atoms with Gasteiger partial charge in [-0.3, -0.25) is 4.99 Å². The summed E-state index contributed by atoms with van der Waals surface area (Å²) < 4.78 is 27.5. The van der Waals surface area contributed by atoms with Crippen molar-refractivity contribution in [3.05, 3.63) is 47.0 Å². The van der Waals surface area contributed by atoms with Gasteiger partial charge in [0.15, 0.2) is 0 Å². The van der Waals surface area contributed by atoms with E-state index in [0.717, 1.165) is 24.9 Å². The number of benzene rings is 2. The van der Waals surface area contributed by atoms with Gasteiger partial charge in [0.05, 0.1) is 16.3 Å². The van der Waals surface area contributed by atoms with Crippen molar-refractivity contribution in [2.45, 2.75) is 24.2 Å².